The van der Waals surface area contributed by atoms with E-state index in [1.54, 1.807) is 43.3 Å². The summed E-state index contributed by atoms with van der Waals surface area (Å²) in [6.07, 6.45) is 1.32. The van der Waals surface area contributed by atoms with Gasteiger partial charge in [-0.2, -0.15) is 0 Å². The van der Waals surface area contributed by atoms with Crippen LogP contribution in [0.1, 0.15) is 39.3 Å². The molecule has 0 radical (unpaired) electrons. The van der Waals surface area contributed by atoms with Crippen molar-refractivity contribution in [1.29, 1.82) is 0 Å². The first-order chi connectivity index (χ1) is 14.4. The van der Waals surface area contributed by atoms with Gasteiger partial charge in [0.05, 0.1) is 34.5 Å². The summed E-state index contributed by atoms with van der Waals surface area (Å²) in [4.78, 5) is 27.9. The fraction of sp³-hybridized carbons (Fsp3) is 0.227. The van der Waals surface area contributed by atoms with Crippen molar-refractivity contribution in [3.63, 3.8) is 0 Å². The largest absolute Gasteiger partial charge is 0.507 e. The first-order valence-electron chi connectivity index (χ1n) is 9.51. The number of nitrogens with two attached hydrogens (primary N) is 1. The lowest BCUT2D eigenvalue weighted by molar-refractivity contribution is 0.0696. The molecule has 5 N–H and O–H groups in total. The number of phenols is 1. The fourth-order valence-corrected chi connectivity index (χ4v) is 3.20. The second kappa shape index (κ2) is 9.13. The third-order valence-electron chi connectivity index (χ3n) is 4.67. The predicted octanol–water partition coefficient (Wildman–Crippen LogP) is 3.12. The Morgan fingerprint density at radius 2 is 1.90 bits per heavy atom. The molecule has 156 valence electrons. The average molecular weight is 409 g/mol. The highest BCUT2D eigenvalue weighted by atomic mass is 16.5. The number of phenolic OH excluding ortho intramolecular Hbond substituents is 1. The van der Waals surface area contributed by atoms with Crippen molar-refractivity contribution >= 4 is 28.5 Å². The molecular formula is C22H23N3O5. The minimum atomic E-state index is -1.13. The van der Waals surface area contributed by atoms with E-state index in [2.05, 4.69) is 10.3 Å². The Bertz CT molecular complexity index is 1100. The zero-order valence-corrected chi connectivity index (χ0v) is 16.5. The molecule has 2 aromatic carbocycles. The number of carbonyl (C=O) groups is 2. The number of hydrogen-bond acceptors (Lipinski definition) is 6. The molecule has 3 aromatic rings. The zero-order valence-electron chi connectivity index (χ0n) is 16.5. The first kappa shape index (κ1) is 20.9. The summed E-state index contributed by atoms with van der Waals surface area (Å²) in [6, 6.07) is 11.6. The first-order valence-corrected chi connectivity index (χ1v) is 9.51. The molecule has 1 heterocycles. The summed E-state index contributed by atoms with van der Waals surface area (Å²) in [5.74, 6) is -1.05. The summed E-state index contributed by atoms with van der Waals surface area (Å²) < 4.78 is 5.82. The van der Waals surface area contributed by atoms with Crippen molar-refractivity contribution in [1.82, 2.24) is 10.3 Å². The van der Waals surface area contributed by atoms with E-state index in [0.29, 0.717) is 48.3 Å². The van der Waals surface area contributed by atoms with Crippen LogP contribution in [0.3, 0.4) is 0 Å². The Hall–Kier alpha value is -3.81. The van der Waals surface area contributed by atoms with Crippen LogP contribution in [0, 0.1) is 6.92 Å². The molecule has 0 saturated heterocycles. The number of aromatic hydroxyl groups is 1. The van der Waals surface area contributed by atoms with Gasteiger partial charge in [0.25, 0.3) is 5.91 Å². The molecule has 8 nitrogen and oxygen atoms in total. The molecule has 0 aliphatic carbocycles. The lowest BCUT2D eigenvalue weighted by Gasteiger charge is -2.13. The summed E-state index contributed by atoms with van der Waals surface area (Å²) in [5.41, 5.74) is 7.37. The van der Waals surface area contributed by atoms with Gasteiger partial charge in [0.1, 0.15) is 17.1 Å². The third-order valence-corrected chi connectivity index (χ3v) is 4.67. The van der Waals surface area contributed by atoms with Crippen LogP contribution in [0.15, 0.2) is 42.5 Å². The highest BCUT2D eigenvalue weighted by Crippen LogP contribution is 2.33. The van der Waals surface area contributed by atoms with Gasteiger partial charge in [-0.3, -0.25) is 9.78 Å². The SMILES string of the molecule is Cc1nc2cccc(OCCCCNC(=O)c3ccccc3O)c2c(N)c1C(=O)O. The van der Waals surface area contributed by atoms with Crippen LogP contribution < -0.4 is 15.8 Å². The van der Waals surface area contributed by atoms with E-state index in [1.807, 2.05) is 0 Å². The third kappa shape index (κ3) is 4.43. The van der Waals surface area contributed by atoms with Crippen LogP contribution >= 0.6 is 0 Å². The van der Waals surface area contributed by atoms with Gasteiger partial charge in [0, 0.05) is 6.54 Å². The van der Waals surface area contributed by atoms with Crippen molar-refractivity contribution in [2.24, 2.45) is 0 Å². The second-order valence-electron chi connectivity index (χ2n) is 6.77. The van der Waals surface area contributed by atoms with Crippen molar-refractivity contribution in [3.8, 4) is 11.5 Å². The molecule has 0 saturated carbocycles. The quantitative estimate of drug-likeness (QED) is 0.420. The number of nitrogens with one attached hydrogen (secondary N) is 1. The standard InChI is InChI=1S/C22H23N3O5/c1-13-18(22(28)29)20(23)19-15(25-13)8-6-10-17(19)30-12-5-4-11-24-21(27)14-7-2-3-9-16(14)26/h2-3,6-10,26H,4-5,11-12H2,1H3,(H2,23,25)(H,24,27)(H,28,29). The molecular weight excluding hydrogens is 386 g/mol. The van der Waals surface area contributed by atoms with Crippen molar-refractivity contribution in [2.45, 2.75) is 19.8 Å². The van der Waals surface area contributed by atoms with Gasteiger partial charge in [-0.05, 0) is 44.0 Å². The maximum Gasteiger partial charge on any atom is 0.339 e. The molecule has 0 spiro atoms. The van der Waals surface area contributed by atoms with Crippen molar-refractivity contribution in [3.05, 3.63) is 59.3 Å². The maximum atomic E-state index is 12.0. The molecule has 0 bridgehead atoms. The highest BCUT2D eigenvalue weighted by molar-refractivity contribution is 6.06. The lowest BCUT2D eigenvalue weighted by atomic mass is 10.1. The highest BCUT2D eigenvalue weighted by Gasteiger charge is 2.18. The van der Waals surface area contributed by atoms with Crippen LogP contribution in [0.2, 0.25) is 0 Å². The van der Waals surface area contributed by atoms with E-state index in [0.717, 1.165) is 0 Å². The number of benzene rings is 2. The Kier molecular flexibility index (Phi) is 6.36. The zero-order chi connectivity index (χ0) is 21.7. The van der Waals surface area contributed by atoms with Crippen LogP contribution in [-0.4, -0.2) is 40.2 Å². The van der Waals surface area contributed by atoms with E-state index < -0.39 is 5.97 Å². The van der Waals surface area contributed by atoms with Crippen LogP contribution in [0.25, 0.3) is 10.9 Å². The van der Waals surface area contributed by atoms with E-state index >= 15 is 0 Å². The van der Waals surface area contributed by atoms with Gasteiger partial charge in [-0.25, -0.2) is 4.79 Å². The van der Waals surface area contributed by atoms with Gasteiger partial charge in [0.15, 0.2) is 0 Å². The topological polar surface area (TPSA) is 135 Å². The number of hydrogen-bond donors (Lipinski definition) is 4. The molecule has 3 rings (SSSR count). The maximum absolute atomic E-state index is 12.0. The average Bonchev–Trinajstić information content (AvgIpc) is 2.70. The van der Waals surface area contributed by atoms with Gasteiger partial charge in [0.2, 0.25) is 0 Å². The molecule has 8 heteroatoms. The number of amides is 1. The van der Waals surface area contributed by atoms with E-state index in [9.17, 15) is 19.8 Å². The summed E-state index contributed by atoms with van der Waals surface area (Å²) in [5, 5.41) is 22.3. The normalized spacial score (nSPS) is 10.7. The number of pyridine rings is 1. The number of aromatic carboxylic acids is 1. The monoisotopic (exact) mass is 409 g/mol. The molecule has 0 aliphatic heterocycles. The molecule has 30 heavy (non-hydrogen) atoms. The number of unbranched alkanes of at least 4 members (excludes halogenated alkanes) is 1. The van der Waals surface area contributed by atoms with Crippen LogP contribution in [-0.2, 0) is 0 Å². The predicted molar refractivity (Wildman–Crippen MR) is 113 cm³/mol. The number of carboxylic acids is 1. The molecule has 0 fully saturated rings. The molecule has 0 aliphatic rings. The number of para-hydroxylation sites is 1. The molecule has 0 unspecified atom stereocenters. The summed E-state index contributed by atoms with van der Waals surface area (Å²) >= 11 is 0. The number of rotatable bonds is 8. The van der Waals surface area contributed by atoms with Gasteiger partial charge < -0.3 is 26.0 Å². The number of aromatic nitrogens is 1. The minimum absolute atomic E-state index is 0.0228. The number of nitrogens with zero attached hydrogens (tertiary/aromatic N) is 1. The van der Waals surface area contributed by atoms with Gasteiger partial charge >= 0.3 is 5.97 Å². The number of aryl methyl sites for hydroxylation is 1. The summed E-state index contributed by atoms with van der Waals surface area (Å²) in [7, 11) is 0. The Morgan fingerprint density at radius 3 is 2.63 bits per heavy atom. The van der Waals surface area contributed by atoms with E-state index in [1.165, 1.54) is 6.07 Å². The number of carbonyl (C=O) groups excluding carboxylic acids is 1. The van der Waals surface area contributed by atoms with Crippen LogP contribution in [0.5, 0.6) is 11.5 Å². The van der Waals surface area contributed by atoms with Crippen LogP contribution in [0.4, 0.5) is 5.69 Å². The van der Waals surface area contributed by atoms with Crippen molar-refractivity contribution < 1.29 is 24.5 Å². The Morgan fingerprint density at radius 1 is 1.13 bits per heavy atom. The minimum Gasteiger partial charge on any atom is -0.507 e. The van der Waals surface area contributed by atoms with Crippen molar-refractivity contribution in [2.75, 3.05) is 18.9 Å². The second-order valence-corrected chi connectivity index (χ2v) is 6.77. The number of ether oxygens (including phenoxy) is 1. The number of carboxylic acid groups (broad SMARTS) is 1. The van der Waals surface area contributed by atoms with E-state index in [-0.39, 0.29) is 28.5 Å². The number of nitrogen functional groups attached to an aromatic ring is 1. The number of anilines is 1. The Labute approximate surface area is 173 Å². The lowest BCUT2D eigenvalue weighted by Crippen LogP contribution is -2.24. The molecule has 1 aromatic heterocycles. The molecule has 0 atom stereocenters. The smallest absolute Gasteiger partial charge is 0.339 e. The Balaban J connectivity index is 1.58. The van der Waals surface area contributed by atoms with E-state index in [4.69, 9.17) is 10.5 Å². The fourth-order valence-electron chi connectivity index (χ4n) is 3.20. The number of fused-ring (bicyclic) bond motifs is 1. The van der Waals surface area contributed by atoms with Gasteiger partial charge in [-0.15, -0.1) is 0 Å². The summed E-state index contributed by atoms with van der Waals surface area (Å²) in [6.45, 7) is 2.40. The molecule has 1 amide bonds. The van der Waals surface area contributed by atoms with Gasteiger partial charge in [-0.1, -0.05) is 18.2 Å².